The Morgan fingerprint density at radius 3 is 2.82 bits per heavy atom. The first-order chi connectivity index (χ1) is 16.7. The third kappa shape index (κ3) is 3.56. The van der Waals surface area contributed by atoms with E-state index in [2.05, 4.69) is 9.50 Å². The summed E-state index contributed by atoms with van der Waals surface area (Å²) in [5.74, 6) is 0.670. The van der Waals surface area contributed by atoms with Gasteiger partial charge in [-0.05, 0) is 30.7 Å². The average molecular weight is 470 g/mol. The third-order valence-electron chi connectivity index (χ3n) is 6.24. The number of ether oxygens (including phenoxy) is 1. The maximum atomic E-state index is 13.5. The van der Waals surface area contributed by atoms with E-state index in [1.807, 2.05) is 95.1 Å². The fraction of sp³-hybridized carbons (Fsp3) is 0.192. The van der Waals surface area contributed by atoms with Gasteiger partial charge in [0.05, 0.1) is 23.3 Å². The van der Waals surface area contributed by atoms with E-state index in [0.717, 1.165) is 38.9 Å². The van der Waals surface area contributed by atoms with Gasteiger partial charge in [-0.3, -0.25) is 9.20 Å². The summed E-state index contributed by atoms with van der Waals surface area (Å²) in [7, 11) is 0. The van der Waals surface area contributed by atoms with Gasteiger partial charge in [0.15, 0.2) is 11.6 Å². The van der Waals surface area contributed by atoms with E-state index in [0.29, 0.717) is 13.0 Å². The minimum atomic E-state index is -0.293. The number of fused-ring (bicyclic) bond motifs is 3. The number of hydrogen-bond donors (Lipinski definition) is 0. The fourth-order valence-electron chi connectivity index (χ4n) is 4.57. The summed E-state index contributed by atoms with van der Waals surface area (Å²) in [4.78, 5) is 21.2. The SMILES string of the molecule is Cc1ccccc1OCC(=O)N1CCc2nc3sccn3c2C1c1cnn(-c2ccccc2)c1. The number of imidazole rings is 1. The van der Waals surface area contributed by atoms with E-state index in [9.17, 15) is 4.79 Å². The lowest BCUT2D eigenvalue weighted by molar-refractivity contribution is -0.135. The van der Waals surface area contributed by atoms with Crippen LogP contribution in [-0.4, -0.2) is 43.1 Å². The number of aromatic nitrogens is 4. The minimum absolute atomic E-state index is 0.0188. The van der Waals surface area contributed by atoms with Gasteiger partial charge in [-0.15, -0.1) is 11.3 Å². The van der Waals surface area contributed by atoms with E-state index in [1.165, 1.54) is 0 Å². The predicted octanol–water partition coefficient (Wildman–Crippen LogP) is 4.44. The zero-order valence-electron chi connectivity index (χ0n) is 18.7. The van der Waals surface area contributed by atoms with Crippen LogP contribution in [0.1, 0.15) is 28.6 Å². The van der Waals surface area contributed by atoms with Crippen molar-refractivity contribution in [2.24, 2.45) is 0 Å². The number of benzene rings is 2. The number of para-hydroxylation sites is 2. The first kappa shape index (κ1) is 20.7. The molecule has 170 valence electrons. The predicted molar refractivity (Wildman–Crippen MR) is 131 cm³/mol. The molecular formula is C26H23N5O2S. The molecule has 7 nitrogen and oxygen atoms in total. The molecule has 0 bridgehead atoms. The maximum absolute atomic E-state index is 13.5. The monoisotopic (exact) mass is 469 g/mol. The fourth-order valence-corrected chi connectivity index (χ4v) is 5.31. The van der Waals surface area contributed by atoms with E-state index < -0.39 is 0 Å². The molecule has 1 aliphatic rings. The summed E-state index contributed by atoms with van der Waals surface area (Å²) >= 11 is 1.60. The Morgan fingerprint density at radius 2 is 1.97 bits per heavy atom. The third-order valence-corrected chi connectivity index (χ3v) is 7.00. The van der Waals surface area contributed by atoms with E-state index in [-0.39, 0.29) is 18.6 Å². The van der Waals surface area contributed by atoms with Crippen LogP contribution in [0.5, 0.6) is 5.75 Å². The number of rotatable bonds is 5. The quantitative estimate of drug-likeness (QED) is 0.382. The van der Waals surface area contributed by atoms with Crippen LogP contribution in [-0.2, 0) is 11.2 Å². The highest BCUT2D eigenvalue weighted by atomic mass is 32.1. The second kappa shape index (κ2) is 8.46. The number of carbonyl (C=O) groups excluding carboxylic acids is 1. The molecule has 8 heteroatoms. The molecule has 2 aromatic carbocycles. The molecule has 5 aromatic rings. The van der Waals surface area contributed by atoms with Gasteiger partial charge in [0.2, 0.25) is 0 Å². The average Bonchev–Trinajstić information content (AvgIpc) is 3.60. The molecule has 0 saturated carbocycles. The molecule has 0 N–H and O–H groups in total. The standard InChI is InChI=1S/C26H23N5O2S/c1-18-7-5-6-10-22(18)33-17-23(32)29-12-11-21-25(30-13-14-34-26(30)28-21)24(29)19-15-27-31(16-19)20-8-3-2-4-9-20/h2-10,13-16,24H,11-12,17H2,1H3. The van der Waals surface area contributed by atoms with Gasteiger partial charge in [0, 0.05) is 36.3 Å². The number of amides is 1. The molecule has 1 unspecified atom stereocenters. The Balaban J connectivity index is 1.37. The number of hydrogen-bond acceptors (Lipinski definition) is 5. The van der Waals surface area contributed by atoms with E-state index >= 15 is 0 Å². The highest BCUT2D eigenvalue weighted by Gasteiger charge is 2.36. The van der Waals surface area contributed by atoms with E-state index in [4.69, 9.17) is 9.72 Å². The second-order valence-electron chi connectivity index (χ2n) is 8.35. The molecule has 1 amide bonds. The van der Waals surface area contributed by atoms with Crippen LogP contribution in [0.15, 0.2) is 78.6 Å². The molecule has 4 heterocycles. The topological polar surface area (TPSA) is 64.7 Å². The van der Waals surface area contributed by atoms with Crippen LogP contribution in [0.25, 0.3) is 10.6 Å². The number of nitrogens with zero attached hydrogens (tertiary/aromatic N) is 5. The maximum Gasteiger partial charge on any atom is 0.261 e. The summed E-state index contributed by atoms with van der Waals surface area (Å²) in [6.45, 7) is 2.54. The zero-order valence-corrected chi connectivity index (χ0v) is 19.5. The van der Waals surface area contributed by atoms with Crippen LogP contribution in [0.4, 0.5) is 0 Å². The summed E-state index contributed by atoms with van der Waals surface area (Å²) in [5, 5.41) is 6.63. The molecule has 0 spiro atoms. The van der Waals surface area contributed by atoms with Crippen molar-refractivity contribution >= 4 is 22.2 Å². The largest absolute Gasteiger partial charge is 0.484 e. The molecule has 0 saturated heterocycles. The highest BCUT2D eigenvalue weighted by molar-refractivity contribution is 7.15. The van der Waals surface area contributed by atoms with Crippen LogP contribution in [0, 0.1) is 6.92 Å². The van der Waals surface area contributed by atoms with Crippen molar-refractivity contribution in [3.63, 3.8) is 0 Å². The molecule has 34 heavy (non-hydrogen) atoms. The molecule has 0 fully saturated rings. The Labute approximate surface area is 200 Å². The molecule has 6 rings (SSSR count). The first-order valence-corrected chi connectivity index (χ1v) is 12.1. The van der Waals surface area contributed by atoms with Crippen molar-refractivity contribution in [2.45, 2.75) is 19.4 Å². The van der Waals surface area contributed by atoms with Crippen LogP contribution < -0.4 is 4.74 Å². The summed E-state index contributed by atoms with van der Waals surface area (Å²) in [6.07, 6.45) is 6.59. The van der Waals surface area contributed by atoms with Gasteiger partial charge < -0.3 is 9.64 Å². The molecule has 0 aliphatic carbocycles. The first-order valence-electron chi connectivity index (χ1n) is 11.2. The van der Waals surface area contributed by atoms with Gasteiger partial charge in [-0.1, -0.05) is 36.4 Å². The molecule has 1 aliphatic heterocycles. The van der Waals surface area contributed by atoms with Crippen LogP contribution >= 0.6 is 11.3 Å². The van der Waals surface area contributed by atoms with Gasteiger partial charge in [-0.25, -0.2) is 9.67 Å². The summed E-state index contributed by atoms with van der Waals surface area (Å²) in [5.41, 5.74) is 4.99. The van der Waals surface area contributed by atoms with Crippen molar-refractivity contribution in [3.8, 4) is 11.4 Å². The van der Waals surface area contributed by atoms with Crippen molar-refractivity contribution in [3.05, 3.63) is 101 Å². The Hall–Kier alpha value is -3.91. The lowest BCUT2D eigenvalue weighted by Gasteiger charge is -2.35. The van der Waals surface area contributed by atoms with Crippen molar-refractivity contribution in [1.29, 1.82) is 0 Å². The Kier molecular flexibility index (Phi) is 5.15. The number of aryl methyl sites for hydroxylation is 1. The van der Waals surface area contributed by atoms with Crippen LogP contribution in [0.2, 0.25) is 0 Å². The highest BCUT2D eigenvalue weighted by Crippen LogP contribution is 2.37. The molecule has 3 aromatic heterocycles. The number of thiazole rings is 1. The van der Waals surface area contributed by atoms with Crippen molar-refractivity contribution in [1.82, 2.24) is 24.1 Å². The molecule has 1 atom stereocenters. The summed E-state index contributed by atoms with van der Waals surface area (Å²) < 4.78 is 9.87. The van der Waals surface area contributed by atoms with Gasteiger partial charge in [-0.2, -0.15) is 5.10 Å². The normalized spacial score (nSPS) is 15.4. The second-order valence-corrected chi connectivity index (χ2v) is 9.22. The van der Waals surface area contributed by atoms with Crippen LogP contribution in [0.3, 0.4) is 0 Å². The van der Waals surface area contributed by atoms with Gasteiger partial charge in [0.25, 0.3) is 5.91 Å². The minimum Gasteiger partial charge on any atom is -0.484 e. The van der Waals surface area contributed by atoms with Crippen molar-refractivity contribution in [2.75, 3.05) is 13.2 Å². The lowest BCUT2D eigenvalue weighted by Crippen LogP contribution is -2.43. The Morgan fingerprint density at radius 1 is 1.15 bits per heavy atom. The smallest absolute Gasteiger partial charge is 0.261 e. The molecular weight excluding hydrogens is 446 g/mol. The van der Waals surface area contributed by atoms with Gasteiger partial charge in [0.1, 0.15) is 11.8 Å². The van der Waals surface area contributed by atoms with Gasteiger partial charge >= 0.3 is 0 Å². The van der Waals surface area contributed by atoms with Crippen molar-refractivity contribution < 1.29 is 9.53 Å². The zero-order chi connectivity index (χ0) is 23.1. The number of carbonyl (C=O) groups is 1. The lowest BCUT2D eigenvalue weighted by atomic mass is 9.97. The Bertz CT molecular complexity index is 1470. The molecule has 0 radical (unpaired) electrons. The van der Waals surface area contributed by atoms with E-state index in [1.54, 1.807) is 11.3 Å². The summed E-state index contributed by atoms with van der Waals surface area (Å²) in [6, 6.07) is 17.4.